The number of carboxylic acids is 1. The Morgan fingerprint density at radius 2 is 1.46 bits per heavy atom. The summed E-state index contributed by atoms with van der Waals surface area (Å²) in [5, 5.41) is 17.3. The van der Waals surface area contributed by atoms with Gasteiger partial charge in [0.2, 0.25) is 10.4 Å². The summed E-state index contributed by atoms with van der Waals surface area (Å²) in [7, 11) is -4.92. The Kier molecular flexibility index (Phi) is 16.3. The van der Waals surface area contributed by atoms with Crippen molar-refractivity contribution in [1.29, 1.82) is 0 Å². The molecule has 0 rings (SSSR count). The Hall–Kier alpha value is -0.780. The third kappa shape index (κ3) is 92.0. The maximum atomic E-state index is 9.34. The van der Waals surface area contributed by atoms with Crippen molar-refractivity contribution in [3.05, 3.63) is 0 Å². The van der Waals surface area contributed by atoms with Gasteiger partial charge in [-0.3, -0.25) is 4.55 Å². The summed E-state index contributed by atoms with van der Waals surface area (Å²) in [6.45, 7) is 1.13. The van der Waals surface area contributed by atoms with E-state index >= 15 is 0 Å². The van der Waals surface area contributed by atoms with Crippen molar-refractivity contribution in [3.63, 3.8) is 0 Å². The fourth-order valence-corrected chi connectivity index (χ4v) is 0. The van der Waals surface area contributed by atoms with E-state index in [0.29, 0.717) is 0 Å². The largest absolute Gasteiger partial charge is 0.726 e. The Balaban J connectivity index is -0.0000000546. The Bertz CT molecular complexity index is 202. The van der Waals surface area contributed by atoms with Gasteiger partial charge in [-0.1, -0.05) is 0 Å². The predicted octanol–water partition coefficient (Wildman–Crippen LogP) is -2.13. The van der Waals surface area contributed by atoms with Gasteiger partial charge in [0.05, 0.1) is 12.1 Å². The molecular formula is C3H14N2O7S. The Labute approximate surface area is 75.1 Å². The highest BCUT2D eigenvalue weighted by Gasteiger charge is 1.89. The Morgan fingerprint density at radius 1 is 1.38 bits per heavy atom. The number of rotatable bonds is 1. The van der Waals surface area contributed by atoms with Crippen LogP contribution in [0.25, 0.3) is 0 Å². The second kappa shape index (κ2) is 9.31. The molecule has 0 aromatic rings. The molecule has 13 heavy (non-hydrogen) atoms. The monoisotopic (exact) mass is 222 g/mol. The smallest absolute Gasteiger partial charge is 0.215 e. The lowest BCUT2D eigenvalue weighted by Gasteiger charge is -2.00. The van der Waals surface area contributed by atoms with Crippen molar-refractivity contribution in [2.45, 2.75) is 13.0 Å². The molecule has 0 saturated carbocycles. The number of carboxylic acid groups (broad SMARTS) is 1. The molecule has 84 valence electrons. The SMILES string of the molecule is CC(O)C(=O)[O-].O=S(=O)([O-])O.[NH4+].[NH4+]. The number of hydrogen-bond donors (Lipinski definition) is 4. The molecule has 10 heteroatoms. The molecule has 0 aliphatic heterocycles. The maximum Gasteiger partial charge on any atom is 0.215 e. The summed E-state index contributed by atoms with van der Waals surface area (Å²) < 4.78 is 32.8. The van der Waals surface area contributed by atoms with Gasteiger partial charge < -0.3 is 31.9 Å². The van der Waals surface area contributed by atoms with E-state index in [-0.39, 0.29) is 12.3 Å². The highest BCUT2D eigenvalue weighted by molar-refractivity contribution is 7.79. The van der Waals surface area contributed by atoms with Gasteiger partial charge in [0.25, 0.3) is 0 Å². The van der Waals surface area contributed by atoms with E-state index in [0.717, 1.165) is 6.92 Å². The zero-order chi connectivity index (χ0) is 9.65. The average molecular weight is 222 g/mol. The zero-order valence-electron chi connectivity index (χ0n) is 7.42. The normalized spacial score (nSPS) is 10.8. The van der Waals surface area contributed by atoms with E-state index in [1.54, 1.807) is 0 Å². The molecule has 0 radical (unpaired) electrons. The molecule has 0 amide bonds. The Morgan fingerprint density at radius 3 is 1.46 bits per heavy atom. The van der Waals surface area contributed by atoms with Gasteiger partial charge in [0.15, 0.2) is 0 Å². The molecule has 0 heterocycles. The second-order valence-electron chi connectivity index (χ2n) is 1.42. The van der Waals surface area contributed by atoms with Crippen molar-refractivity contribution < 1.29 is 32.5 Å². The lowest BCUT2D eigenvalue weighted by Crippen LogP contribution is -2.32. The summed E-state index contributed by atoms with van der Waals surface area (Å²) in [6, 6.07) is 0. The number of hydrogen-bond acceptors (Lipinski definition) is 6. The van der Waals surface area contributed by atoms with Crippen LogP contribution in [0.1, 0.15) is 6.92 Å². The third-order valence-electron chi connectivity index (χ3n) is 0.341. The summed E-state index contributed by atoms with van der Waals surface area (Å²) in [6.07, 6.45) is -1.34. The molecule has 10 N–H and O–H groups in total. The van der Waals surface area contributed by atoms with E-state index in [2.05, 4.69) is 0 Å². The third-order valence-corrected chi connectivity index (χ3v) is 0.341. The molecule has 0 aliphatic rings. The molecule has 0 spiro atoms. The number of carbonyl (C=O) groups is 1. The van der Waals surface area contributed by atoms with Crippen LogP contribution in [0.2, 0.25) is 0 Å². The molecule has 0 aliphatic carbocycles. The lowest BCUT2D eigenvalue weighted by molar-refractivity contribution is -0.314. The van der Waals surface area contributed by atoms with Crippen LogP contribution in [0.3, 0.4) is 0 Å². The zero-order valence-corrected chi connectivity index (χ0v) is 8.24. The molecule has 0 fully saturated rings. The second-order valence-corrected chi connectivity index (χ2v) is 2.28. The van der Waals surface area contributed by atoms with Crippen LogP contribution in [0.15, 0.2) is 0 Å². The van der Waals surface area contributed by atoms with Gasteiger partial charge in [-0.05, 0) is 6.92 Å². The summed E-state index contributed by atoms with van der Waals surface area (Å²) in [5.74, 6) is -1.44. The molecule has 0 aromatic heterocycles. The maximum absolute atomic E-state index is 9.34. The quantitative estimate of drug-likeness (QED) is 0.285. The first-order valence-electron chi connectivity index (χ1n) is 2.22. The summed E-state index contributed by atoms with van der Waals surface area (Å²) >= 11 is 0. The van der Waals surface area contributed by atoms with Crippen LogP contribution in [0, 0.1) is 0 Å². The van der Waals surface area contributed by atoms with Crippen molar-refractivity contribution in [2.24, 2.45) is 0 Å². The van der Waals surface area contributed by atoms with Crippen molar-refractivity contribution in [1.82, 2.24) is 12.3 Å². The minimum atomic E-state index is -4.92. The van der Waals surface area contributed by atoms with Crippen LogP contribution in [0.5, 0.6) is 0 Å². The molecule has 1 unspecified atom stereocenters. The van der Waals surface area contributed by atoms with Gasteiger partial charge >= 0.3 is 0 Å². The molecule has 0 saturated heterocycles. The van der Waals surface area contributed by atoms with E-state index < -0.39 is 22.5 Å². The molecule has 0 bridgehead atoms. The summed E-state index contributed by atoms with van der Waals surface area (Å²) in [5.41, 5.74) is 0. The first-order chi connectivity index (χ1) is 4.64. The van der Waals surface area contributed by atoms with Gasteiger partial charge in [-0.25, -0.2) is 8.42 Å². The molecular weight excluding hydrogens is 208 g/mol. The van der Waals surface area contributed by atoms with Gasteiger partial charge in [-0.15, -0.1) is 0 Å². The van der Waals surface area contributed by atoms with Crippen LogP contribution >= 0.6 is 0 Å². The van der Waals surface area contributed by atoms with Crippen LogP contribution < -0.4 is 17.4 Å². The van der Waals surface area contributed by atoms with Gasteiger partial charge in [0, 0.05) is 0 Å². The minimum absolute atomic E-state index is 0. The molecule has 0 aromatic carbocycles. The fraction of sp³-hybridized carbons (Fsp3) is 0.667. The number of carbonyl (C=O) groups excluding carboxylic acids is 1. The first kappa shape index (κ1) is 22.8. The van der Waals surface area contributed by atoms with Crippen molar-refractivity contribution in [2.75, 3.05) is 0 Å². The van der Waals surface area contributed by atoms with E-state index in [9.17, 15) is 9.90 Å². The van der Waals surface area contributed by atoms with Crippen LogP contribution in [-0.4, -0.2) is 34.7 Å². The number of aliphatic hydroxyl groups is 1. The minimum Gasteiger partial charge on any atom is -0.726 e. The number of aliphatic carboxylic acids is 1. The fourth-order valence-electron chi connectivity index (χ4n) is 0. The summed E-state index contributed by atoms with van der Waals surface area (Å²) in [4.78, 5) is 9.34. The first-order valence-corrected chi connectivity index (χ1v) is 3.58. The number of quaternary nitrogens is 2. The molecule has 1 atom stereocenters. The van der Waals surface area contributed by atoms with Crippen LogP contribution in [0.4, 0.5) is 0 Å². The standard InChI is InChI=1S/C3H6O3.2H3N.H2O4S/c1-2(4)3(5)6;;;1-5(2,3)4/h2,4H,1H3,(H,5,6);2*1H3;(H2,1,2,3,4). The van der Waals surface area contributed by atoms with Crippen molar-refractivity contribution in [3.8, 4) is 0 Å². The topological polar surface area (TPSA) is 211 Å². The predicted molar refractivity (Wildman–Crippen MR) is 41.0 cm³/mol. The van der Waals surface area contributed by atoms with Gasteiger partial charge in [-0.2, -0.15) is 0 Å². The number of aliphatic hydroxyl groups excluding tert-OH is 1. The van der Waals surface area contributed by atoms with E-state index in [4.69, 9.17) is 22.6 Å². The van der Waals surface area contributed by atoms with E-state index in [1.165, 1.54) is 0 Å². The average Bonchev–Trinajstić information content (AvgIpc) is 1.59. The van der Waals surface area contributed by atoms with Crippen molar-refractivity contribution >= 4 is 16.4 Å². The highest BCUT2D eigenvalue weighted by Crippen LogP contribution is 1.69. The van der Waals surface area contributed by atoms with E-state index in [1.807, 2.05) is 0 Å². The van der Waals surface area contributed by atoms with Crippen LogP contribution in [-0.2, 0) is 15.2 Å². The highest BCUT2D eigenvalue weighted by atomic mass is 32.3. The molecule has 9 nitrogen and oxygen atoms in total. The van der Waals surface area contributed by atoms with Gasteiger partial charge in [0.1, 0.15) is 0 Å². The lowest BCUT2D eigenvalue weighted by atomic mass is 10.4.